The summed E-state index contributed by atoms with van der Waals surface area (Å²) in [5.74, 6) is 0. The molecule has 4 heteroatoms. The van der Waals surface area contributed by atoms with E-state index in [1.807, 2.05) is 12.0 Å². The number of nitrogens with two attached hydrogens (primary N) is 1. The topological polar surface area (TPSA) is 58.7 Å². The molecule has 0 aromatic rings. The summed E-state index contributed by atoms with van der Waals surface area (Å²) < 4.78 is 0. The third-order valence-electron chi connectivity index (χ3n) is 1.90. The van der Waals surface area contributed by atoms with Crippen molar-refractivity contribution in [3.63, 3.8) is 0 Å². The lowest BCUT2D eigenvalue weighted by molar-refractivity contribution is -0.189. The molecule has 1 aliphatic rings. The fourth-order valence-corrected chi connectivity index (χ4v) is 1.19. The quantitative estimate of drug-likeness (QED) is 0.544. The second-order valence-corrected chi connectivity index (χ2v) is 2.95. The summed E-state index contributed by atoms with van der Waals surface area (Å²) in [6.45, 7) is 4.08. The first-order valence-corrected chi connectivity index (χ1v) is 4.03. The molecule has 1 fully saturated rings. The zero-order valence-corrected chi connectivity index (χ0v) is 6.92. The number of aliphatic hydroxyl groups is 1. The van der Waals surface area contributed by atoms with E-state index in [0.717, 1.165) is 13.1 Å². The van der Waals surface area contributed by atoms with E-state index in [0.29, 0.717) is 19.4 Å². The summed E-state index contributed by atoms with van der Waals surface area (Å²) in [6, 6.07) is 0. The number of hydrogen-bond donors (Lipinski definition) is 2. The van der Waals surface area contributed by atoms with Crippen LogP contribution in [0.1, 0.15) is 19.8 Å². The van der Waals surface area contributed by atoms with Crippen LogP contribution in [0.4, 0.5) is 0 Å². The number of hydrogen-bond acceptors (Lipinski definition) is 4. The van der Waals surface area contributed by atoms with Gasteiger partial charge in [-0.15, -0.1) is 0 Å². The fourth-order valence-electron chi connectivity index (χ4n) is 1.19. The van der Waals surface area contributed by atoms with Crippen molar-refractivity contribution in [2.24, 2.45) is 5.73 Å². The highest BCUT2D eigenvalue weighted by Gasteiger charge is 2.27. The van der Waals surface area contributed by atoms with E-state index in [4.69, 9.17) is 10.6 Å². The van der Waals surface area contributed by atoms with Crippen molar-refractivity contribution >= 4 is 0 Å². The maximum absolute atomic E-state index is 9.36. The molecule has 0 saturated carbocycles. The second-order valence-electron chi connectivity index (χ2n) is 2.95. The first-order valence-electron chi connectivity index (χ1n) is 4.03. The molecule has 0 radical (unpaired) electrons. The monoisotopic (exact) mass is 160 g/mol. The highest BCUT2D eigenvalue weighted by Crippen LogP contribution is 2.16. The molecular weight excluding hydrogens is 144 g/mol. The van der Waals surface area contributed by atoms with Gasteiger partial charge in [-0.3, -0.25) is 4.84 Å². The van der Waals surface area contributed by atoms with Crippen molar-refractivity contribution in [3.05, 3.63) is 0 Å². The molecule has 0 aromatic heterocycles. The Kier molecular flexibility index (Phi) is 2.84. The number of rotatable bonds is 2. The van der Waals surface area contributed by atoms with Gasteiger partial charge in [0.2, 0.25) is 0 Å². The Morgan fingerprint density at radius 2 is 2.09 bits per heavy atom. The fraction of sp³-hybridized carbons (Fsp3) is 1.00. The zero-order chi connectivity index (χ0) is 8.32. The summed E-state index contributed by atoms with van der Waals surface area (Å²) in [4.78, 5) is 5.24. The van der Waals surface area contributed by atoms with Gasteiger partial charge in [-0.25, -0.2) is 0 Å². The lowest BCUT2D eigenvalue weighted by Crippen LogP contribution is -2.50. The molecule has 0 aromatic carbocycles. The first kappa shape index (κ1) is 8.93. The predicted molar refractivity (Wildman–Crippen MR) is 41.6 cm³/mol. The average Bonchev–Trinajstić information content (AvgIpc) is 1.94. The van der Waals surface area contributed by atoms with Crippen molar-refractivity contribution in [2.45, 2.75) is 25.5 Å². The van der Waals surface area contributed by atoms with E-state index in [1.54, 1.807) is 0 Å². The Balaban J connectivity index is 2.25. The molecule has 0 atom stereocenters. The third-order valence-corrected chi connectivity index (χ3v) is 1.90. The molecule has 0 bridgehead atoms. The van der Waals surface area contributed by atoms with Gasteiger partial charge in [0.25, 0.3) is 0 Å². The van der Waals surface area contributed by atoms with Crippen LogP contribution in [0.2, 0.25) is 0 Å². The van der Waals surface area contributed by atoms with Crippen molar-refractivity contribution in [3.8, 4) is 0 Å². The highest BCUT2D eigenvalue weighted by molar-refractivity contribution is 4.77. The number of nitrogens with zero attached hydrogens (tertiary/aromatic N) is 1. The summed E-state index contributed by atoms with van der Waals surface area (Å²) in [7, 11) is 0. The lowest BCUT2D eigenvalue weighted by atomic mass is 10.0. The zero-order valence-electron chi connectivity index (χ0n) is 6.92. The van der Waals surface area contributed by atoms with Crippen LogP contribution < -0.4 is 5.73 Å². The van der Waals surface area contributed by atoms with E-state index in [1.165, 1.54) is 0 Å². The van der Waals surface area contributed by atoms with Gasteiger partial charge >= 0.3 is 0 Å². The Labute approximate surface area is 66.9 Å². The van der Waals surface area contributed by atoms with Gasteiger partial charge in [0.1, 0.15) is 5.72 Å². The van der Waals surface area contributed by atoms with Crippen LogP contribution in [0.5, 0.6) is 0 Å². The van der Waals surface area contributed by atoms with Gasteiger partial charge in [-0.2, -0.15) is 5.06 Å². The minimum atomic E-state index is -0.965. The standard InChI is InChI=1S/C7H16N2O2/c1-2-11-9-5-3-7(8,10)4-6-9/h10H,2-6,8H2,1H3. The molecule has 0 spiro atoms. The Morgan fingerprint density at radius 1 is 1.55 bits per heavy atom. The number of piperidine rings is 1. The molecule has 4 nitrogen and oxygen atoms in total. The summed E-state index contributed by atoms with van der Waals surface area (Å²) in [5.41, 5.74) is 4.54. The van der Waals surface area contributed by atoms with Crippen LogP contribution >= 0.6 is 0 Å². The Bertz CT molecular complexity index is 118. The Hall–Kier alpha value is -0.160. The van der Waals surface area contributed by atoms with Crippen molar-refractivity contribution in [1.82, 2.24) is 5.06 Å². The van der Waals surface area contributed by atoms with E-state index in [9.17, 15) is 5.11 Å². The van der Waals surface area contributed by atoms with E-state index >= 15 is 0 Å². The van der Waals surface area contributed by atoms with Gasteiger partial charge in [0, 0.05) is 25.9 Å². The van der Waals surface area contributed by atoms with Crippen molar-refractivity contribution in [1.29, 1.82) is 0 Å². The third kappa shape index (κ3) is 2.75. The molecule has 0 aliphatic carbocycles. The van der Waals surface area contributed by atoms with Crippen LogP contribution in [0.25, 0.3) is 0 Å². The van der Waals surface area contributed by atoms with E-state index < -0.39 is 5.72 Å². The van der Waals surface area contributed by atoms with E-state index in [-0.39, 0.29) is 0 Å². The highest BCUT2D eigenvalue weighted by atomic mass is 16.7. The molecule has 1 saturated heterocycles. The molecule has 3 N–H and O–H groups in total. The van der Waals surface area contributed by atoms with Gasteiger partial charge < -0.3 is 10.8 Å². The molecule has 11 heavy (non-hydrogen) atoms. The molecule has 1 aliphatic heterocycles. The molecule has 0 amide bonds. The largest absolute Gasteiger partial charge is 0.376 e. The smallest absolute Gasteiger partial charge is 0.116 e. The van der Waals surface area contributed by atoms with Crippen LogP contribution in [0, 0.1) is 0 Å². The summed E-state index contributed by atoms with van der Waals surface area (Å²) in [5, 5.41) is 11.2. The minimum Gasteiger partial charge on any atom is -0.376 e. The second kappa shape index (κ2) is 3.49. The molecule has 1 rings (SSSR count). The molecular formula is C7H16N2O2. The van der Waals surface area contributed by atoms with Gasteiger partial charge in [-0.1, -0.05) is 0 Å². The van der Waals surface area contributed by atoms with Crippen LogP contribution in [0.3, 0.4) is 0 Å². The Morgan fingerprint density at radius 3 is 2.55 bits per heavy atom. The molecule has 0 unspecified atom stereocenters. The summed E-state index contributed by atoms with van der Waals surface area (Å²) >= 11 is 0. The van der Waals surface area contributed by atoms with Crippen molar-refractivity contribution < 1.29 is 9.94 Å². The van der Waals surface area contributed by atoms with Crippen molar-refractivity contribution in [2.75, 3.05) is 19.7 Å². The number of hydroxylamine groups is 2. The SMILES string of the molecule is CCON1CCC(N)(O)CC1. The predicted octanol–water partition coefficient (Wildman–Crippen LogP) is -0.319. The van der Waals surface area contributed by atoms with Gasteiger partial charge in [0.05, 0.1) is 6.61 Å². The molecule has 1 heterocycles. The van der Waals surface area contributed by atoms with E-state index in [2.05, 4.69) is 0 Å². The van der Waals surface area contributed by atoms with Gasteiger partial charge in [0.15, 0.2) is 0 Å². The normalized spacial score (nSPS) is 25.4. The van der Waals surface area contributed by atoms with Gasteiger partial charge in [-0.05, 0) is 6.92 Å². The van der Waals surface area contributed by atoms with Crippen LogP contribution in [0.15, 0.2) is 0 Å². The average molecular weight is 160 g/mol. The molecule has 66 valence electrons. The first-order chi connectivity index (χ1) is 5.14. The van der Waals surface area contributed by atoms with Crippen LogP contribution in [-0.4, -0.2) is 35.6 Å². The lowest BCUT2D eigenvalue weighted by Gasteiger charge is -2.34. The maximum atomic E-state index is 9.36. The van der Waals surface area contributed by atoms with Crippen LogP contribution in [-0.2, 0) is 4.84 Å². The minimum absolute atomic E-state index is 0.590. The summed E-state index contributed by atoms with van der Waals surface area (Å²) in [6.07, 6.45) is 1.18. The maximum Gasteiger partial charge on any atom is 0.116 e.